The molecule has 3 atom stereocenters. The van der Waals surface area contributed by atoms with Gasteiger partial charge in [-0.25, -0.2) is 0 Å². The third-order valence-electron chi connectivity index (χ3n) is 9.25. The number of hydrogen-bond donors (Lipinski definition) is 2. The lowest BCUT2D eigenvalue weighted by Crippen LogP contribution is -2.52. The Hall–Kier alpha value is -1.89. The number of aliphatic carboxylic acids is 3. The molecule has 0 aliphatic rings. The molecule has 0 bridgehead atoms. The number of hydrogen-bond acceptors (Lipinski definition) is 4. The Bertz CT molecular complexity index is 692. The molecule has 0 saturated carbocycles. The van der Waals surface area contributed by atoms with Crippen LogP contribution >= 0.6 is 0 Å². The molecule has 0 spiro atoms. The lowest BCUT2D eigenvalue weighted by molar-refractivity contribution is -0.929. The summed E-state index contributed by atoms with van der Waals surface area (Å²) < 4.78 is 0.571. The minimum Gasteiger partial charge on any atom is -0.550 e. The zero-order chi connectivity index (χ0) is 32.3. The maximum atomic E-state index is 11.5. The van der Waals surface area contributed by atoms with Gasteiger partial charge < -0.3 is 24.6 Å². The number of allylic oxidation sites excluding steroid dienone is 2. The molecule has 2 N–H and O–H groups in total. The van der Waals surface area contributed by atoms with Gasteiger partial charge >= 0.3 is 11.9 Å². The molecule has 252 valence electrons. The average Bonchev–Trinajstić information content (AvgIpc) is 2.97. The van der Waals surface area contributed by atoms with Crippen LogP contribution < -0.4 is 5.11 Å². The molecule has 0 aliphatic carbocycles. The van der Waals surface area contributed by atoms with Gasteiger partial charge in [-0.15, -0.1) is 0 Å². The average molecular weight is 610 g/mol. The number of carboxylic acid groups (broad SMARTS) is 3. The Labute approximate surface area is 264 Å². The van der Waals surface area contributed by atoms with Crippen molar-refractivity contribution >= 4 is 17.9 Å². The summed E-state index contributed by atoms with van der Waals surface area (Å²) in [5.41, 5.74) is 0. The van der Waals surface area contributed by atoms with Crippen LogP contribution in [0.25, 0.3) is 0 Å². The van der Waals surface area contributed by atoms with Gasteiger partial charge in [-0.3, -0.25) is 9.59 Å². The van der Waals surface area contributed by atoms with Crippen molar-refractivity contribution in [2.24, 2.45) is 17.8 Å². The van der Waals surface area contributed by atoms with Gasteiger partial charge in [-0.1, -0.05) is 110 Å². The molecule has 0 aromatic carbocycles. The fourth-order valence-electron chi connectivity index (χ4n) is 5.66. The first-order chi connectivity index (χ1) is 20.5. The number of nitrogens with zero attached hydrogens (tertiary/aromatic N) is 1. The third-order valence-corrected chi connectivity index (χ3v) is 9.25. The Morgan fingerprint density at radius 3 is 1.28 bits per heavy atom. The van der Waals surface area contributed by atoms with E-state index in [9.17, 15) is 29.7 Å². The Balaban J connectivity index is 4.50. The number of unbranched alkanes of at least 4 members (excludes halogenated alkanes) is 15. The lowest BCUT2D eigenvalue weighted by atomic mass is 10.0. The summed E-state index contributed by atoms with van der Waals surface area (Å²) in [6.45, 7) is 9.93. The number of rotatable bonds is 31. The van der Waals surface area contributed by atoms with E-state index in [4.69, 9.17) is 0 Å². The fourth-order valence-corrected chi connectivity index (χ4v) is 5.66. The summed E-state index contributed by atoms with van der Waals surface area (Å²) in [6.07, 6.45) is 27.7. The van der Waals surface area contributed by atoms with E-state index in [-0.39, 0.29) is 0 Å². The van der Waals surface area contributed by atoms with Crippen LogP contribution in [0.5, 0.6) is 0 Å². The van der Waals surface area contributed by atoms with E-state index < -0.39 is 35.7 Å². The van der Waals surface area contributed by atoms with Crippen molar-refractivity contribution in [1.82, 2.24) is 0 Å². The molecule has 0 aromatic rings. The molecule has 0 saturated heterocycles. The van der Waals surface area contributed by atoms with Crippen molar-refractivity contribution in [1.29, 1.82) is 0 Å². The zero-order valence-corrected chi connectivity index (χ0v) is 28.3. The quantitative estimate of drug-likeness (QED) is 0.0467. The van der Waals surface area contributed by atoms with Crippen LogP contribution in [0.15, 0.2) is 12.2 Å². The number of quaternary nitrogens is 1. The zero-order valence-electron chi connectivity index (χ0n) is 28.3. The fraction of sp³-hybridized carbons (Fsp3) is 0.861. The molecular formula is C36H67NO6. The maximum absolute atomic E-state index is 11.5. The molecule has 7 nitrogen and oxygen atoms in total. The van der Waals surface area contributed by atoms with E-state index in [1.165, 1.54) is 77.0 Å². The molecular weight excluding hydrogens is 542 g/mol. The summed E-state index contributed by atoms with van der Waals surface area (Å²) in [7, 11) is 0. The molecule has 7 heteroatoms. The molecule has 0 radical (unpaired) electrons. The highest BCUT2D eigenvalue weighted by molar-refractivity contribution is 5.69. The van der Waals surface area contributed by atoms with Crippen LogP contribution in [-0.4, -0.2) is 58.8 Å². The second-order valence-corrected chi connectivity index (χ2v) is 13.3. The van der Waals surface area contributed by atoms with Crippen molar-refractivity contribution in [2.75, 3.05) is 26.2 Å². The van der Waals surface area contributed by atoms with Gasteiger partial charge in [0.1, 0.15) is 0 Å². The van der Waals surface area contributed by atoms with E-state index in [1.807, 2.05) is 0 Å². The first-order valence-electron chi connectivity index (χ1n) is 17.7. The van der Waals surface area contributed by atoms with Crippen LogP contribution in [0, 0.1) is 17.8 Å². The van der Waals surface area contributed by atoms with E-state index >= 15 is 0 Å². The SMILES string of the molecule is CCCCCCCCCCCCCC/C=C/CCCCC[N+](CCC(C)C(=O)[O-])(CCC(C)C(=O)O)CCC(C)C(=O)O. The van der Waals surface area contributed by atoms with Crippen LogP contribution in [0.4, 0.5) is 0 Å². The second kappa shape index (κ2) is 26.5. The van der Waals surface area contributed by atoms with Crippen LogP contribution in [-0.2, 0) is 14.4 Å². The topological polar surface area (TPSA) is 115 Å². The number of carboxylic acids is 3. The van der Waals surface area contributed by atoms with Gasteiger partial charge in [-0.2, -0.15) is 0 Å². The normalized spacial score (nSPS) is 15.3. The van der Waals surface area contributed by atoms with Gasteiger partial charge in [-0.05, 0) is 38.5 Å². The maximum Gasteiger partial charge on any atom is 0.306 e. The van der Waals surface area contributed by atoms with Crippen molar-refractivity contribution < 1.29 is 34.2 Å². The monoisotopic (exact) mass is 609 g/mol. The van der Waals surface area contributed by atoms with Crippen molar-refractivity contribution in [2.45, 2.75) is 156 Å². The van der Waals surface area contributed by atoms with Crippen LogP contribution in [0.3, 0.4) is 0 Å². The van der Waals surface area contributed by atoms with Crippen LogP contribution in [0.2, 0.25) is 0 Å². The highest BCUT2D eigenvalue weighted by Gasteiger charge is 2.30. The largest absolute Gasteiger partial charge is 0.550 e. The predicted molar refractivity (Wildman–Crippen MR) is 175 cm³/mol. The van der Waals surface area contributed by atoms with E-state index in [0.717, 1.165) is 38.6 Å². The Morgan fingerprint density at radius 1 is 0.558 bits per heavy atom. The second-order valence-electron chi connectivity index (χ2n) is 13.3. The van der Waals surface area contributed by atoms with Gasteiger partial charge in [0.15, 0.2) is 0 Å². The molecule has 0 aromatic heterocycles. The highest BCUT2D eigenvalue weighted by Crippen LogP contribution is 2.21. The summed E-state index contributed by atoms with van der Waals surface area (Å²) in [5.74, 6) is -4.34. The first kappa shape index (κ1) is 41.1. The van der Waals surface area contributed by atoms with Crippen molar-refractivity contribution in [3.8, 4) is 0 Å². The minimum atomic E-state index is -1.08. The van der Waals surface area contributed by atoms with Gasteiger partial charge in [0.2, 0.25) is 0 Å². The number of carbonyl (C=O) groups excluding carboxylic acids is 1. The van der Waals surface area contributed by atoms with E-state index in [0.29, 0.717) is 43.4 Å². The van der Waals surface area contributed by atoms with Gasteiger partial charge in [0, 0.05) is 31.1 Å². The van der Waals surface area contributed by atoms with Gasteiger partial charge in [0.25, 0.3) is 0 Å². The number of carbonyl (C=O) groups is 3. The molecule has 0 fully saturated rings. The summed E-state index contributed by atoms with van der Waals surface area (Å²) in [6, 6.07) is 0. The van der Waals surface area contributed by atoms with E-state index in [2.05, 4.69) is 19.1 Å². The Morgan fingerprint density at radius 2 is 0.907 bits per heavy atom. The molecule has 0 rings (SSSR count). The summed E-state index contributed by atoms with van der Waals surface area (Å²) in [5, 5.41) is 30.2. The van der Waals surface area contributed by atoms with Crippen molar-refractivity contribution in [3.05, 3.63) is 12.2 Å². The van der Waals surface area contributed by atoms with Gasteiger partial charge in [0.05, 0.1) is 38.0 Å². The summed E-state index contributed by atoms with van der Waals surface area (Å²) >= 11 is 0. The smallest absolute Gasteiger partial charge is 0.306 e. The minimum absolute atomic E-state index is 0.438. The van der Waals surface area contributed by atoms with E-state index in [1.54, 1.807) is 20.8 Å². The molecule has 0 heterocycles. The summed E-state index contributed by atoms with van der Waals surface area (Å²) in [4.78, 5) is 34.4. The Kier molecular flexibility index (Phi) is 25.3. The van der Waals surface area contributed by atoms with Crippen molar-refractivity contribution in [3.63, 3.8) is 0 Å². The molecule has 3 unspecified atom stereocenters. The van der Waals surface area contributed by atoms with Crippen LogP contribution in [0.1, 0.15) is 156 Å². The molecule has 0 amide bonds. The standard InChI is InChI=1S/C36H67NO6/c1-5-6-7-8-9-10-11-12-13-14-15-16-17-18-19-20-21-22-23-27-37(28-24-31(2)34(38)39,29-25-32(3)35(40)41)30-26-33(4)36(42)43/h18-19,31-33H,5-17,20-30H2,1-4H3,(H2-,38,39,40,41,42,43)/b19-18+. The lowest BCUT2D eigenvalue weighted by Gasteiger charge is -2.41. The predicted octanol–water partition coefficient (Wildman–Crippen LogP) is 8.01. The third kappa shape index (κ3) is 23.2. The first-order valence-corrected chi connectivity index (χ1v) is 17.7. The molecule has 43 heavy (non-hydrogen) atoms. The highest BCUT2D eigenvalue weighted by atomic mass is 16.4. The molecule has 0 aliphatic heterocycles.